The molecule has 0 bridgehead atoms. The largest absolute Gasteiger partial charge is 0.338 e. The van der Waals surface area contributed by atoms with Gasteiger partial charge in [0.05, 0.1) is 0 Å². The molecule has 0 spiro atoms. The first kappa shape index (κ1) is 12.4. The van der Waals surface area contributed by atoms with Crippen LogP contribution in [-0.2, 0) is 0 Å². The third kappa shape index (κ3) is 3.22. The fourth-order valence-electron chi connectivity index (χ4n) is 1.99. The van der Waals surface area contributed by atoms with Gasteiger partial charge < -0.3 is 4.90 Å². The molecule has 4 heteroatoms. The molecule has 0 saturated carbocycles. The molecular formula is C13H16FNOS. The molecule has 1 fully saturated rings. The number of carbonyl (C=O) groups is 1. The van der Waals surface area contributed by atoms with Crippen molar-refractivity contribution in [2.45, 2.75) is 13.3 Å². The zero-order valence-electron chi connectivity index (χ0n) is 9.91. The lowest BCUT2D eigenvalue weighted by Crippen LogP contribution is -2.33. The molecule has 1 aliphatic rings. The van der Waals surface area contributed by atoms with E-state index in [9.17, 15) is 9.18 Å². The maximum Gasteiger partial charge on any atom is 0.253 e. The second-order valence-corrected chi connectivity index (χ2v) is 5.50. The van der Waals surface area contributed by atoms with Crippen molar-refractivity contribution < 1.29 is 9.18 Å². The van der Waals surface area contributed by atoms with Crippen LogP contribution in [0.15, 0.2) is 18.2 Å². The average molecular weight is 253 g/mol. The van der Waals surface area contributed by atoms with Crippen LogP contribution in [0.2, 0.25) is 0 Å². The summed E-state index contributed by atoms with van der Waals surface area (Å²) in [6.07, 6.45) is 1.02. The number of aryl methyl sites for hydroxylation is 1. The van der Waals surface area contributed by atoms with Gasteiger partial charge in [0.15, 0.2) is 0 Å². The maximum absolute atomic E-state index is 13.3. The van der Waals surface area contributed by atoms with Crippen molar-refractivity contribution in [3.8, 4) is 0 Å². The second-order valence-electron chi connectivity index (χ2n) is 4.28. The Morgan fingerprint density at radius 1 is 1.29 bits per heavy atom. The summed E-state index contributed by atoms with van der Waals surface area (Å²) in [5, 5.41) is 0. The van der Waals surface area contributed by atoms with E-state index in [0.717, 1.165) is 36.6 Å². The first-order chi connectivity index (χ1) is 8.16. The number of hydrogen-bond acceptors (Lipinski definition) is 2. The molecule has 1 saturated heterocycles. The summed E-state index contributed by atoms with van der Waals surface area (Å²) in [7, 11) is 0. The molecule has 1 amide bonds. The van der Waals surface area contributed by atoms with Crippen LogP contribution >= 0.6 is 11.8 Å². The van der Waals surface area contributed by atoms with Crippen molar-refractivity contribution in [1.29, 1.82) is 0 Å². The summed E-state index contributed by atoms with van der Waals surface area (Å²) in [6.45, 7) is 3.35. The molecule has 0 atom stereocenters. The molecule has 0 aromatic heterocycles. The number of thioether (sulfide) groups is 1. The van der Waals surface area contributed by atoms with E-state index in [1.165, 1.54) is 12.1 Å². The topological polar surface area (TPSA) is 20.3 Å². The number of hydrogen-bond donors (Lipinski definition) is 0. The molecule has 17 heavy (non-hydrogen) atoms. The summed E-state index contributed by atoms with van der Waals surface area (Å²) >= 11 is 1.87. The van der Waals surface area contributed by atoms with Crippen LogP contribution in [0.5, 0.6) is 0 Å². The normalized spacial score (nSPS) is 16.7. The predicted octanol–water partition coefficient (Wildman–Crippen LogP) is 2.71. The van der Waals surface area contributed by atoms with Crippen LogP contribution in [0.3, 0.4) is 0 Å². The molecule has 1 aliphatic heterocycles. The van der Waals surface area contributed by atoms with Crippen molar-refractivity contribution in [2.24, 2.45) is 0 Å². The summed E-state index contributed by atoms with van der Waals surface area (Å²) in [5.74, 6) is 1.69. The number of halogens is 1. The van der Waals surface area contributed by atoms with Crippen LogP contribution in [-0.4, -0.2) is 35.4 Å². The lowest BCUT2D eigenvalue weighted by atomic mass is 10.1. The number of amides is 1. The highest BCUT2D eigenvalue weighted by molar-refractivity contribution is 7.99. The Bertz CT molecular complexity index is 394. The Balaban J connectivity index is 2.17. The zero-order chi connectivity index (χ0) is 12.3. The molecule has 0 unspecified atom stereocenters. The third-order valence-electron chi connectivity index (χ3n) is 2.80. The fraction of sp³-hybridized carbons (Fsp3) is 0.462. The Kier molecular flexibility index (Phi) is 4.05. The van der Waals surface area contributed by atoms with E-state index in [4.69, 9.17) is 0 Å². The SMILES string of the molecule is Cc1cc(F)cc(C(=O)N2CCCSCC2)c1. The van der Waals surface area contributed by atoms with E-state index >= 15 is 0 Å². The summed E-state index contributed by atoms with van der Waals surface area (Å²) in [6, 6.07) is 4.52. The number of rotatable bonds is 1. The van der Waals surface area contributed by atoms with Gasteiger partial charge in [-0.3, -0.25) is 4.79 Å². The number of benzene rings is 1. The Morgan fingerprint density at radius 3 is 2.88 bits per heavy atom. The minimum absolute atomic E-state index is 0.0462. The molecule has 2 rings (SSSR count). The summed E-state index contributed by atoms with van der Waals surface area (Å²) < 4.78 is 13.3. The van der Waals surface area contributed by atoms with Gasteiger partial charge in [-0.05, 0) is 42.9 Å². The van der Waals surface area contributed by atoms with Gasteiger partial charge in [0, 0.05) is 24.4 Å². The first-order valence-electron chi connectivity index (χ1n) is 5.81. The molecular weight excluding hydrogens is 237 g/mol. The Hall–Kier alpha value is -1.03. The maximum atomic E-state index is 13.3. The number of carbonyl (C=O) groups excluding carboxylic acids is 1. The van der Waals surface area contributed by atoms with Crippen molar-refractivity contribution in [1.82, 2.24) is 4.90 Å². The summed E-state index contributed by atoms with van der Waals surface area (Å²) in [5.41, 5.74) is 1.26. The van der Waals surface area contributed by atoms with E-state index < -0.39 is 0 Å². The molecule has 2 nitrogen and oxygen atoms in total. The van der Waals surface area contributed by atoms with Crippen LogP contribution in [0.4, 0.5) is 4.39 Å². The number of nitrogens with zero attached hydrogens (tertiary/aromatic N) is 1. The highest BCUT2D eigenvalue weighted by atomic mass is 32.2. The van der Waals surface area contributed by atoms with Gasteiger partial charge in [-0.2, -0.15) is 11.8 Å². The Labute approximate surface area is 105 Å². The monoisotopic (exact) mass is 253 g/mol. The van der Waals surface area contributed by atoms with E-state index in [0.29, 0.717) is 5.56 Å². The van der Waals surface area contributed by atoms with Gasteiger partial charge in [0.1, 0.15) is 5.82 Å². The quantitative estimate of drug-likeness (QED) is 0.767. The van der Waals surface area contributed by atoms with E-state index in [-0.39, 0.29) is 11.7 Å². The lowest BCUT2D eigenvalue weighted by molar-refractivity contribution is 0.0768. The van der Waals surface area contributed by atoms with E-state index in [1.807, 2.05) is 16.7 Å². The predicted molar refractivity (Wildman–Crippen MR) is 69.0 cm³/mol. The first-order valence-corrected chi connectivity index (χ1v) is 6.96. The molecule has 0 N–H and O–H groups in total. The van der Waals surface area contributed by atoms with Crippen LogP contribution in [0.1, 0.15) is 22.3 Å². The van der Waals surface area contributed by atoms with Crippen molar-refractivity contribution in [2.75, 3.05) is 24.6 Å². The van der Waals surface area contributed by atoms with E-state index in [2.05, 4.69) is 0 Å². The van der Waals surface area contributed by atoms with Gasteiger partial charge in [0.2, 0.25) is 0 Å². The Morgan fingerprint density at radius 2 is 2.12 bits per heavy atom. The molecule has 0 radical (unpaired) electrons. The van der Waals surface area contributed by atoms with E-state index in [1.54, 1.807) is 13.0 Å². The lowest BCUT2D eigenvalue weighted by Gasteiger charge is -2.20. The minimum Gasteiger partial charge on any atom is -0.338 e. The van der Waals surface area contributed by atoms with Crippen LogP contribution < -0.4 is 0 Å². The second kappa shape index (κ2) is 5.54. The van der Waals surface area contributed by atoms with Gasteiger partial charge in [0.25, 0.3) is 5.91 Å². The van der Waals surface area contributed by atoms with Gasteiger partial charge >= 0.3 is 0 Å². The fourth-order valence-corrected chi connectivity index (χ4v) is 2.88. The molecule has 92 valence electrons. The minimum atomic E-state index is -0.336. The average Bonchev–Trinajstić information content (AvgIpc) is 2.55. The molecule has 1 aromatic rings. The molecule has 1 heterocycles. The summed E-state index contributed by atoms with van der Waals surface area (Å²) in [4.78, 5) is 14.0. The highest BCUT2D eigenvalue weighted by Crippen LogP contribution is 2.15. The van der Waals surface area contributed by atoms with Crippen molar-refractivity contribution in [3.63, 3.8) is 0 Å². The van der Waals surface area contributed by atoms with Crippen LogP contribution in [0.25, 0.3) is 0 Å². The standard InChI is InChI=1S/C13H16FNOS/c1-10-7-11(9-12(14)8-10)13(16)15-3-2-5-17-6-4-15/h7-9H,2-6H2,1H3. The third-order valence-corrected chi connectivity index (χ3v) is 3.85. The van der Waals surface area contributed by atoms with Gasteiger partial charge in [-0.25, -0.2) is 4.39 Å². The molecule has 1 aromatic carbocycles. The van der Waals surface area contributed by atoms with Crippen molar-refractivity contribution in [3.05, 3.63) is 35.1 Å². The highest BCUT2D eigenvalue weighted by Gasteiger charge is 2.18. The molecule has 0 aliphatic carbocycles. The van der Waals surface area contributed by atoms with Crippen molar-refractivity contribution >= 4 is 17.7 Å². The van der Waals surface area contributed by atoms with Crippen LogP contribution in [0, 0.1) is 12.7 Å². The zero-order valence-corrected chi connectivity index (χ0v) is 10.7. The smallest absolute Gasteiger partial charge is 0.253 e. The van der Waals surface area contributed by atoms with Gasteiger partial charge in [-0.1, -0.05) is 0 Å². The van der Waals surface area contributed by atoms with Gasteiger partial charge in [-0.15, -0.1) is 0 Å².